The highest BCUT2D eigenvalue weighted by molar-refractivity contribution is 5.94. The summed E-state index contributed by atoms with van der Waals surface area (Å²) in [5.41, 5.74) is 0. The Bertz CT molecular complexity index is 1170. The highest BCUT2D eigenvalue weighted by atomic mass is 16.4. The van der Waals surface area contributed by atoms with Crippen LogP contribution in [0.1, 0.15) is 219 Å². The molecule has 0 aromatic heterocycles. The van der Waals surface area contributed by atoms with Crippen LogP contribution < -0.4 is 21.3 Å². The van der Waals surface area contributed by atoms with Gasteiger partial charge < -0.3 is 36.6 Å². The molecule has 0 rings (SSSR count). The fourth-order valence-electron chi connectivity index (χ4n) is 6.99. The van der Waals surface area contributed by atoms with E-state index in [0.29, 0.717) is 12.8 Å². The summed E-state index contributed by atoms with van der Waals surface area (Å²) in [6, 6.07) is -4.39. The van der Waals surface area contributed by atoms with Crippen LogP contribution in [0.25, 0.3) is 0 Å². The molecular formula is C45H82N4O10. The minimum atomic E-state index is -1.59. The molecule has 0 spiro atoms. The van der Waals surface area contributed by atoms with Gasteiger partial charge in [-0.3, -0.25) is 28.8 Å². The molecule has 0 fully saturated rings. The molecule has 14 heteroatoms. The van der Waals surface area contributed by atoms with Gasteiger partial charge in [-0.05, 0) is 25.7 Å². The summed E-state index contributed by atoms with van der Waals surface area (Å²) < 4.78 is 0. The van der Waals surface area contributed by atoms with Crippen molar-refractivity contribution < 1.29 is 48.9 Å². The van der Waals surface area contributed by atoms with E-state index in [2.05, 4.69) is 35.1 Å². The van der Waals surface area contributed by atoms with Crippen LogP contribution in [0.4, 0.5) is 0 Å². The van der Waals surface area contributed by atoms with Crippen molar-refractivity contribution in [1.82, 2.24) is 21.3 Å². The quantitative estimate of drug-likeness (QED) is 0.0291. The van der Waals surface area contributed by atoms with Gasteiger partial charge in [0.1, 0.15) is 18.1 Å². The number of hydrogen-bond donors (Lipinski definition) is 7. The average Bonchev–Trinajstić information content (AvgIpc) is 3.19. The monoisotopic (exact) mass is 839 g/mol. The lowest BCUT2D eigenvalue weighted by atomic mass is 10.0. The van der Waals surface area contributed by atoms with Crippen molar-refractivity contribution in [1.29, 1.82) is 0 Å². The standard InChI is InChI=1S/C45H82N4O10/c1-3-5-7-9-11-13-15-17-19-21-23-25-27-29-39(50)46-35-38(47-40(51)30-28-26-24-22-20-18-16-14-12-10-8-6-4-2)44(57)48-36(31-33-41(52)53)43(56)49-37(45(58)59)32-34-42(54)55/h36-38H,3-35H2,1-2H3,(H,46,50)(H,47,51)(H,48,57)(H,49,56)(H,52,53)(H,54,55)(H,58,59)/t36-,37-,38?/m1/s1. The summed E-state index contributed by atoms with van der Waals surface area (Å²) in [4.78, 5) is 86.6. The zero-order chi connectivity index (χ0) is 43.9. The van der Waals surface area contributed by atoms with Gasteiger partial charge in [-0.1, -0.05) is 168 Å². The van der Waals surface area contributed by atoms with Gasteiger partial charge in [-0.2, -0.15) is 0 Å². The number of carbonyl (C=O) groups excluding carboxylic acids is 4. The number of aliphatic carboxylic acids is 3. The molecule has 0 aliphatic rings. The van der Waals surface area contributed by atoms with Gasteiger partial charge in [0.2, 0.25) is 23.6 Å². The third-order valence-corrected chi connectivity index (χ3v) is 10.7. The maximum atomic E-state index is 13.6. The molecule has 3 atom stereocenters. The fraction of sp³-hybridized carbons (Fsp3) is 0.844. The molecular weight excluding hydrogens is 757 g/mol. The van der Waals surface area contributed by atoms with Crippen LogP contribution in [0, 0.1) is 0 Å². The average molecular weight is 839 g/mol. The number of carbonyl (C=O) groups is 7. The highest BCUT2D eigenvalue weighted by Crippen LogP contribution is 2.15. The van der Waals surface area contributed by atoms with E-state index in [1.807, 2.05) is 0 Å². The maximum Gasteiger partial charge on any atom is 0.326 e. The Hall–Kier alpha value is -3.71. The van der Waals surface area contributed by atoms with E-state index in [9.17, 15) is 43.8 Å². The SMILES string of the molecule is CCCCCCCCCCCCCCCC(=O)NCC(NC(=O)CCCCCCCCCCCCCCC)C(=O)N[C@H](CCC(=O)O)C(=O)N[C@H](CCC(=O)O)C(=O)O. The summed E-state index contributed by atoms with van der Waals surface area (Å²) in [5.74, 6) is -6.60. The van der Waals surface area contributed by atoms with Crippen molar-refractivity contribution in [2.24, 2.45) is 0 Å². The normalized spacial score (nSPS) is 12.6. The number of nitrogens with one attached hydrogen (secondary N) is 4. The molecule has 0 aliphatic heterocycles. The number of hydrogen-bond acceptors (Lipinski definition) is 7. The lowest BCUT2D eigenvalue weighted by Gasteiger charge is -2.24. The van der Waals surface area contributed by atoms with Crippen LogP contribution >= 0.6 is 0 Å². The molecule has 4 amide bonds. The third kappa shape index (κ3) is 34.8. The topological polar surface area (TPSA) is 228 Å². The number of unbranched alkanes of at least 4 members (excludes halogenated alkanes) is 24. The van der Waals surface area contributed by atoms with Crippen LogP contribution in [0.3, 0.4) is 0 Å². The third-order valence-electron chi connectivity index (χ3n) is 10.7. The lowest BCUT2D eigenvalue weighted by molar-refractivity contribution is -0.144. The van der Waals surface area contributed by atoms with Crippen molar-refractivity contribution in [2.45, 2.75) is 237 Å². The highest BCUT2D eigenvalue weighted by Gasteiger charge is 2.30. The predicted octanol–water partition coefficient (Wildman–Crippen LogP) is 8.33. The molecule has 59 heavy (non-hydrogen) atoms. The zero-order valence-electron chi connectivity index (χ0n) is 36.8. The van der Waals surface area contributed by atoms with Crippen LogP contribution in [-0.2, 0) is 33.6 Å². The van der Waals surface area contributed by atoms with Crippen molar-refractivity contribution in [3.8, 4) is 0 Å². The molecule has 342 valence electrons. The first-order chi connectivity index (χ1) is 28.4. The van der Waals surface area contributed by atoms with Gasteiger partial charge in [0.25, 0.3) is 0 Å². The first kappa shape index (κ1) is 55.3. The van der Waals surface area contributed by atoms with E-state index in [1.165, 1.54) is 109 Å². The van der Waals surface area contributed by atoms with Crippen molar-refractivity contribution >= 4 is 41.5 Å². The Kier molecular flexibility index (Phi) is 36.1. The van der Waals surface area contributed by atoms with Gasteiger partial charge in [-0.25, -0.2) is 4.79 Å². The van der Waals surface area contributed by atoms with E-state index in [-0.39, 0.29) is 25.3 Å². The first-order valence-electron chi connectivity index (χ1n) is 23.2. The second-order valence-electron chi connectivity index (χ2n) is 16.2. The molecule has 0 aromatic carbocycles. The molecule has 0 heterocycles. The minimum absolute atomic E-state index is 0.154. The van der Waals surface area contributed by atoms with Gasteiger partial charge >= 0.3 is 17.9 Å². The molecule has 0 saturated carbocycles. The van der Waals surface area contributed by atoms with Crippen LogP contribution in [0.15, 0.2) is 0 Å². The number of carboxylic acid groups (broad SMARTS) is 3. The van der Waals surface area contributed by atoms with Crippen LogP contribution in [-0.4, -0.2) is 81.5 Å². The summed E-state index contributed by atoms with van der Waals surface area (Å²) in [5, 5.41) is 37.8. The Morgan fingerprint density at radius 2 is 0.695 bits per heavy atom. The molecule has 0 aliphatic carbocycles. The second-order valence-corrected chi connectivity index (χ2v) is 16.2. The van der Waals surface area contributed by atoms with Gasteiger partial charge in [0.15, 0.2) is 0 Å². The summed E-state index contributed by atoms with van der Waals surface area (Å²) in [7, 11) is 0. The molecule has 14 nitrogen and oxygen atoms in total. The number of amides is 4. The first-order valence-corrected chi connectivity index (χ1v) is 23.2. The minimum Gasteiger partial charge on any atom is -0.481 e. The Morgan fingerprint density at radius 1 is 0.373 bits per heavy atom. The Balaban J connectivity index is 5.15. The molecule has 1 unspecified atom stereocenters. The molecule has 7 N–H and O–H groups in total. The van der Waals surface area contributed by atoms with E-state index >= 15 is 0 Å². The number of carboxylic acids is 3. The summed E-state index contributed by atoms with van der Waals surface area (Å²) >= 11 is 0. The van der Waals surface area contributed by atoms with E-state index in [4.69, 9.17) is 5.11 Å². The Morgan fingerprint density at radius 3 is 1.07 bits per heavy atom. The number of rotatable bonds is 42. The summed E-state index contributed by atoms with van der Waals surface area (Å²) in [6.45, 7) is 4.18. The predicted molar refractivity (Wildman–Crippen MR) is 231 cm³/mol. The summed E-state index contributed by atoms with van der Waals surface area (Å²) in [6.07, 6.45) is 28.6. The van der Waals surface area contributed by atoms with Crippen LogP contribution in [0.2, 0.25) is 0 Å². The van der Waals surface area contributed by atoms with Crippen molar-refractivity contribution in [3.63, 3.8) is 0 Å². The molecule has 0 aromatic rings. The Labute approximate surface area is 355 Å². The largest absolute Gasteiger partial charge is 0.481 e. The molecule has 0 radical (unpaired) electrons. The van der Waals surface area contributed by atoms with Crippen molar-refractivity contribution in [3.05, 3.63) is 0 Å². The maximum absolute atomic E-state index is 13.6. The smallest absolute Gasteiger partial charge is 0.326 e. The van der Waals surface area contributed by atoms with E-state index < -0.39 is 79.4 Å². The fourth-order valence-corrected chi connectivity index (χ4v) is 6.99. The van der Waals surface area contributed by atoms with Gasteiger partial charge in [0.05, 0.1) is 0 Å². The van der Waals surface area contributed by atoms with E-state index in [0.717, 1.165) is 44.9 Å². The lowest BCUT2D eigenvalue weighted by Crippen LogP contribution is -2.58. The molecule has 0 saturated heterocycles. The van der Waals surface area contributed by atoms with Gasteiger partial charge in [-0.15, -0.1) is 0 Å². The molecule has 0 bridgehead atoms. The van der Waals surface area contributed by atoms with E-state index in [1.54, 1.807) is 0 Å². The van der Waals surface area contributed by atoms with Crippen molar-refractivity contribution in [2.75, 3.05) is 6.54 Å². The zero-order valence-corrected chi connectivity index (χ0v) is 36.8. The second kappa shape index (κ2) is 38.5. The van der Waals surface area contributed by atoms with Crippen LogP contribution in [0.5, 0.6) is 0 Å². The van der Waals surface area contributed by atoms with Gasteiger partial charge in [0, 0.05) is 32.2 Å².